The van der Waals surface area contributed by atoms with Crippen molar-refractivity contribution in [2.45, 2.75) is 27.3 Å². The minimum absolute atomic E-state index is 0.0316. The number of aryl methyl sites for hydroxylation is 2. The van der Waals surface area contributed by atoms with Gasteiger partial charge in [-0.3, -0.25) is 9.59 Å². The number of pyridine rings is 1. The zero-order chi connectivity index (χ0) is 18.7. The molecule has 0 saturated heterocycles. The average molecular weight is 350 g/mol. The monoisotopic (exact) mass is 350 g/mol. The molecule has 26 heavy (non-hydrogen) atoms. The molecule has 0 saturated carbocycles. The number of amides is 1. The Bertz CT molecular complexity index is 1020. The van der Waals surface area contributed by atoms with E-state index in [1.54, 1.807) is 16.8 Å². The summed E-state index contributed by atoms with van der Waals surface area (Å²) in [4.78, 5) is 24.8. The van der Waals surface area contributed by atoms with Crippen LogP contribution < -0.4 is 15.5 Å². The van der Waals surface area contributed by atoms with Crippen LogP contribution in [0.3, 0.4) is 0 Å². The second-order valence-electron chi connectivity index (χ2n) is 6.26. The van der Waals surface area contributed by atoms with Crippen LogP contribution in [0.25, 0.3) is 10.9 Å². The van der Waals surface area contributed by atoms with E-state index in [1.807, 2.05) is 51.1 Å². The van der Waals surface area contributed by atoms with Crippen molar-refractivity contribution in [3.8, 4) is 5.75 Å². The van der Waals surface area contributed by atoms with E-state index in [1.165, 1.54) is 6.07 Å². The quantitative estimate of drug-likeness (QED) is 0.764. The summed E-state index contributed by atoms with van der Waals surface area (Å²) < 4.78 is 7.34. The zero-order valence-corrected chi connectivity index (χ0v) is 15.2. The molecule has 0 spiro atoms. The molecular weight excluding hydrogens is 328 g/mol. The van der Waals surface area contributed by atoms with E-state index in [4.69, 9.17) is 4.74 Å². The number of nitrogens with one attached hydrogen (secondary N) is 1. The highest BCUT2D eigenvalue weighted by Gasteiger charge is 2.11. The Balaban J connectivity index is 1.91. The summed E-state index contributed by atoms with van der Waals surface area (Å²) in [6.45, 7) is 6.43. The van der Waals surface area contributed by atoms with Gasteiger partial charge >= 0.3 is 0 Å². The number of carbonyl (C=O) groups excluding carboxylic acids is 1. The molecule has 5 nitrogen and oxygen atoms in total. The fourth-order valence-corrected chi connectivity index (χ4v) is 3.15. The van der Waals surface area contributed by atoms with Gasteiger partial charge in [-0.2, -0.15) is 0 Å². The van der Waals surface area contributed by atoms with Gasteiger partial charge in [0.2, 0.25) is 5.91 Å². The molecule has 0 aliphatic heterocycles. The Hall–Kier alpha value is -3.08. The number of para-hydroxylation sites is 2. The second kappa shape index (κ2) is 7.44. The summed E-state index contributed by atoms with van der Waals surface area (Å²) in [5.41, 5.74) is 3.34. The van der Waals surface area contributed by atoms with Crippen LogP contribution in [-0.2, 0) is 11.3 Å². The number of nitrogens with zero attached hydrogens (tertiary/aromatic N) is 1. The highest BCUT2D eigenvalue weighted by Crippen LogP contribution is 2.24. The predicted molar refractivity (Wildman–Crippen MR) is 104 cm³/mol. The molecule has 0 bridgehead atoms. The zero-order valence-electron chi connectivity index (χ0n) is 15.2. The van der Waals surface area contributed by atoms with E-state index >= 15 is 0 Å². The molecule has 1 amide bonds. The summed E-state index contributed by atoms with van der Waals surface area (Å²) in [5, 5.41) is 3.54. The molecule has 0 aliphatic rings. The number of hydrogen-bond acceptors (Lipinski definition) is 3. The van der Waals surface area contributed by atoms with E-state index < -0.39 is 0 Å². The molecule has 0 unspecified atom stereocenters. The van der Waals surface area contributed by atoms with Crippen molar-refractivity contribution in [1.29, 1.82) is 0 Å². The highest BCUT2D eigenvalue weighted by molar-refractivity contribution is 5.93. The van der Waals surface area contributed by atoms with Crippen LogP contribution in [0.2, 0.25) is 0 Å². The number of hydrogen-bond donors (Lipinski definition) is 1. The Morgan fingerprint density at radius 2 is 1.92 bits per heavy atom. The maximum Gasteiger partial charge on any atom is 0.244 e. The Morgan fingerprint density at radius 1 is 1.15 bits per heavy atom. The Labute approximate surface area is 152 Å². The molecule has 0 radical (unpaired) electrons. The van der Waals surface area contributed by atoms with Gasteiger partial charge in [-0.05, 0) is 50.1 Å². The summed E-state index contributed by atoms with van der Waals surface area (Å²) >= 11 is 0. The van der Waals surface area contributed by atoms with Gasteiger partial charge in [-0.15, -0.1) is 0 Å². The van der Waals surface area contributed by atoms with Gasteiger partial charge in [-0.1, -0.05) is 18.2 Å². The van der Waals surface area contributed by atoms with Crippen LogP contribution in [0.4, 0.5) is 5.69 Å². The molecule has 3 aromatic rings. The summed E-state index contributed by atoms with van der Waals surface area (Å²) in [6.07, 6.45) is 1.66. The fraction of sp³-hybridized carbons (Fsp3) is 0.238. The van der Waals surface area contributed by atoms with E-state index in [0.717, 1.165) is 16.6 Å². The third kappa shape index (κ3) is 3.61. The third-order valence-corrected chi connectivity index (χ3v) is 4.20. The van der Waals surface area contributed by atoms with Gasteiger partial charge in [0.15, 0.2) is 5.43 Å². The van der Waals surface area contributed by atoms with Gasteiger partial charge in [0, 0.05) is 17.6 Å². The lowest BCUT2D eigenvalue weighted by Gasteiger charge is -2.14. The number of rotatable bonds is 5. The Morgan fingerprint density at radius 3 is 2.69 bits per heavy atom. The van der Waals surface area contributed by atoms with Crippen LogP contribution >= 0.6 is 0 Å². The number of benzene rings is 2. The summed E-state index contributed by atoms with van der Waals surface area (Å²) in [6, 6.07) is 12.8. The van der Waals surface area contributed by atoms with Gasteiger partial charge in [0.1, 0.15) is 12.3 Å². The van der Waals surface area contributed by atoms with E-state index in [9.17, 15) is 9.59 Å². The molecule has 3 rings (SSSR count). The smallest absolute Gasteiger partial charge is 0.244 e. The topological polar surface area (TPSA) is 60.3 Å². The van der Waals surface area contributed by atoms with Crippen LogP contribution in [0, 0.1) is 13.8 Å². The van der Waals surface area contributed by atoms with Gasteiger partial charge in [-0.25, -0.2) is 0 Å². The standard InChI is InChI=1S/C21H22N2O3/c1-4-26-19-8-6-5-7-16(19)22-20(25)13-23-10-9-18(24)21-15(3)11-14(2)12-17(21)23/h5-12H,4,13H2,1-3H3,(H,22,25). The highest BCUT2D eigenvalue weighted by atomic mass is 16.5. The molecule has 0 atom stereocenters. The lowest BCUT2D eigenvalue weighted by atomic mass is 10.1. The number of fused-ring (bicyclic) bond motifs is 1. The molecule has 0 fully saturated rings. The normalized spacial score (nSPS) is 10.7. The van der Waals surface area contributed by atoms with Crippen molar-refractivity contribution in [1.82, 2.24) is 4.57 Å². The SMILES string of the molecule is CCOc1ccccc1NC(=O)Cn1ccc(=O)c2c(C)cc(C)cc21. The lowest BCUT2D eigenvalue weighted by molar-refractivity contribution is -0.116. The van der Waals surface area contributed by atoms with Crippen LogP contribution in [0.1, 0.15) is 18.1 Å². The van der Waals surface area contributed by atoms with E-state index in [2.05, 4.69) is 5.32 Å². The first-order valence-corrected chi connectivity index (χ1v) is 8.61. The van der Waals surface area contributed by atoms with Crippen molar-refractivity contribution < 1.29 is 9.53 Å². The maximum atomic E-state index is 12.6. The average Bonchev–Trinajstić information content (AvgIpc) is 2.59. The third-order valence-electron chi connectivity index (χ3n) is 4.20. The lowest BCUT2D eigenvalue weighted by Crippen LogP contribution is -2.21. The van der Waals surface area contributed by atoms with Gasteiger partial charge in [0.25, 0.3) is 0 Å². The number of anilines is 1. The number of aromatic nitrogens is 1. The van der Waals surface area contributed by atoms with Crippen molar-refractivity contribution in [2.24, 2.45) is 0 Å². The van der Waals surface area contributed by atoms with Crippen molar-refractivity contribution >= 4 is 22.5 Å². The minimum Gasteiger partial charge on any atom is -0.492 e. The largest absolute Gasteiger partial charge is 0.492 e. The van der Waals surface area contributed by atoms with Crippen LogP contribution in [0.5, 0.6) is 5.75 Å². The van der Waals surface area contributed by atoms with E-state index in [0.29, 0.717) is 23.4 Å². The first-order chi connectivity index (χ1) is 12.5. The fourth-order valence-electron chi connectivity index (χ4n) is 3.15. The van der Waals surface area contributed by atoms with Gasteiger partial charge < -0.3 is 14.6 Å². The molecule has 5 heteroatoms. The molecule has 2 aromatic carbocycles. The number of ether oxygens (including phenoxy) is 1. The Kier molecular flexibility index (Phi) is 5.07. The molecule has 134 valence electrons. The van der Waals surface area contributed by atoms with Crippen molar-refractivity contribution in [3.63, 3.8) is 0 Å². The van der Waals surface area contributed by atoms with Crippen molar-refractivity contribution in [2.75, 3.05) is 11.9 Å². The minimum atomic E-state index is -0.179. The second-order valence-corrected chi connectivity index (χ2v) is 6.26. The van der Waals surface area contributed by atoms with Crippen LogP contribution in [-0.4, -0.2) is 17.1 Å². The van der Waals surface area contributed by atoms with Gasteiger partial charge in [0.05, 0.1) is 17.8 Å². The van der Waals surface area contributed by atoms with E-state index in [-0.39, 0.29) is 17.9 Å². The maximum absolute atomic E-state index is 12.6. The summed E-state index contributed by atoms with van der Waals surface area (Å²) in [7, 11) is 0. The first kappa shape index (κ1) is 17.7. The van der Waals surface area contributed by atoms with Crippen LogP contribution in [0.15, 0.2) is 53.5 Å². The molecular formula is C21H22N2O3. The first-order valence-electron chi connectivity index (χ1n) is 8.61. The van der Waals surface area contributed by atoms with Crippen molar-refractivity contribution in [3.05, 3.63) is 70.0 Å². The molecule has 0 aliphatic carbocycles. The molecule has 1 heterocycles. The predicted octanol–water partition coefficient (Wildman–Crippen LogP) is 3.66. The number of carbonyl (C=O) groups is 1. The molecule has 1 aromatic heterocycles. The molecule has 1 N–H and O–H groups in total. The summed E-state index contributed by atoms with van der Waals surface area (Å²) in [5.74, 6) is 0.459.